The van der Waals surface area contributed by atoms with Crippen LogP contribution in [0.5, 0.6) is 0 Å². The highest BCUT2D eigenvalue weighted by Gasteiger charge is 2.13. The summed E-state index contributed by atoms with van der Waals surface area (Å²) in [4.78, 5) is 12.2. The molecule has 0 heterocycles. The molecule has 0 bridgehead atoms. The number of nitrogens with one attached hydrogen (secondary N) is 1. The van der Waals surface area contributed by atoms with Gasteiger partial charge in [0.05, 0.1) is 6.04 Å². The van der Waals surface area contributed by atoms with Crippen LogP contribution in [-0.4, -0.2) is 5.91 Å². The zero-order chi connectivity index (χ0) is 14.7. The quantitative estimate of drug-likeness (QED) is 0.891. The summed E-state index contributed by atoms with van der Waals surface area (Å²) in [5.74, 6) is -0.0317. The van der Waals surface area contributed by atoms with Gasteiger partial charge in [0.15, 0.2) is 0 Å². The average Bonchev–Trinajstić information content (AvgIpc) is 2.43. The highest BCUT2D eigenvalue weighted by molar-refractivity contribution is 5.94. The first-order valence-corrected chi connectivity index (χ1v) is 6.92. The van der Waals surface area contributed by atoms with Crippen molar-refractivity contribution in [1.29, 1.82) is 0 Å². The first-order valence-electron chi connectivity index (χ1n) is 6.92. The monoisotopic (exact) mass is 267 g/mol. The Morgan fingerprint density at radius 2 is 1.55 bits per heavy atom. The number of amides is 1. The number of carbonyl (C=O) groups is 1. The second kappa shape index (κ2) is 5.91. The second-order valence-corrected chi connectivity index (χ2v) is 5.35. The van der Waals surface area contributed by atoms with Crippen molar-refractivity contribution < 1.29 is 4.79 Å². The lowest BCUT2D eigenvalue weighted by molar-refractivity contribution is 0.0940. The highest BCUT2D eigenvalue weighted by atomic mass is 16.1. The zero-order valence-electron chi connectivity index (χ0n) is 12.5. The number of hydrogen-bond donors (Lipinski definition) is 1. The van der Waals surface area contributed by atoms with E-state index in [1.807, 2.05) is 37.3 Å². The summed E-state index contributed by atoms with van der Waals surface area (Å²) >= 11 is 0. The van der Waals surface area contributed by atoms with Crippen LogP contribution >= 0.6 is 0 Å². The third-order valence-electron chi connectivity index (χ3n) is 3.73. The van der Waals surface area contributed by atoms with Gasteiger partial charge < -0.3 is 5.32 Å². The van der Waals surface area contributed by atoms with Crippen molar-refractivity contribution in [2.24, 2.45) is 0 Å². The summed E-state index contributed by atoms with van der Waals surface area (Å²) in [5, 5.41) is 3.06. The summed E-state index contributed by atoms with van der Waals surface area (Å²) in [6.07, 6.45) is 0. The smallest absolute Gasteiger partial charge is 0.251 e. The molecule has 2 rings (SSSR count). The molecule has 1 amide bonds. The van der Waals surface area contributed by atoms with E-state index in [4.69, 9.17) is 0 Å². The zero-order valence-corrected chi connectivity index (χ0v) is 12.5. The van der Waals surface area contributed by atoms with Crippen LogP contribution in [0.4, 0.5) is 0 Å². The third kappa shape index (κ3) is 3.08. The van der Waals surface area contributed by atoms with Gasteiger partial charge in [-0.25, -0.2) is 0 Å². The van der Waals surface area contributed by atoms with Gasteiger partial charge in [-0.05, 0) is 62.1 Å². The Hall–Kier alpha value is -2.09. The summed E-state index contributed by atoms with van der Waals surface area (Å²) in [7, 11) is 0. The van der Waals surface area contributed by atoms with Crippen molar-refractivity contribution in [3.05, 3.63) is 70.3 Å². The predicted molar refractivity (Wildman–Crippen MR) is 83.0 cm³/mol. The molecule has 0 saturated heterocycles. The molecule has 2 aromatic carbocycles. The lowest BCUT2D eigenvalue weighted by Gasteiger charge is -2.18. The molecule has 0 aliphatic carbocycles. The summed E-state index contributed by atoms with van der Waals surface area (Å²) < 4.78 is 0. The number of carbonyl (C=O) groups excluding carboxylic acids is 1. The van der Waals surface area contributed by atoms with Crippen LogP contribution in [-0.2, 0) is 0 Å². The van der Waals surface area contributed by atoms with Crippen LogP contribution in [0.15, 0.2) is 42.5 Å². The molecular formula is C18H21NO. The molecule has 0 aliphatic heterocycles. The fourth-order valence-corrected chi connectivity index (χ4v) is 2.40. The van der Waals surface area contributed by atoms with E-state index in [1.54, 1.807) is 0 Å². The Bertz CT molecular complexity index is 617. The van der Waals surface area contributed by atoms with Crippen LogP contribution in [0.1, 0.15) is 45.6 Å². The van der Waals surface area contributed by atoms with Crippen LogP contribution in [0.2, 0.25) is 0 Å². The average molecular weight is 267 g/mol. The molecule has 2 nitrogen and oxygen atoms in total. The van der Waals surface area contributed by atoms with E-state index >= 15 is 0 Å². The minimum absolute atomic E-state index is 0.00186. The maximum atomic E-state index is 12.2. The number of benzene rings is 2. The molecule has 0 aromatic heterocycles. The SMILES string of the molecule is Cc1cc(C)c([C@@H](C)NC(=O)c2ccccc2)cc1C. The fraction of sp³-hybridized carbons (Fsp3) is 0.278. The van der Waals surface area contributed by atoms with Gasteiger partial charge in [-0.15, -0.1) is 0 Å². The van der Waals surface area contributed by atoms with Crippen molar-refractivity contribution in [2.45, 2.75) is 33.7 Å². The molecule has 0 fully saturated rings. The van der Waals surface area contributed by atoms with E-state index in [1.165, 1.54) is 22.3 Å². The topological polar surface area (TPSA) is 29.1 Å². The highest BCUT2D eigenvalue weighted by Crippen LogP contribution is 2.21. The number of rotatable bonds is 3. The molecule has 1 atom stereocenters. The van der Waals surface area contributed by atoms with Gasteiger partial charge in [0.1, 0.15) is 0 Å². The van der Waals surface area contributed by atoms with E-state index < -0.39 is 0 Å². The standard InChI is InChI=1S/C18H21NO/c1-12-10-14(3)17(11-13(12)2)15(4)19-18(20)16-8-6-5-7-9-16/h5-11,15H,1-4H3,(H,19,20)/t15-/m1/s1. The van der Waals surface area contributed by atoms with Crippen molar-refractivity contribution >= 4 is 5.91 Å². The van der Waals surface area contributed by atoms with Crippen LogP contribution in [0.3, 0.4) is 0 Å². The Labute approximate surface area is 120 Å². The van der Waals surface area contributed by atoms with Crippen molar-refractivity contribution in [3.8, 4) is 0 Å². The van der Waals surface area contributed by atoms with Gasteiger partial charge in [-0.2, -0.15) is 0 Å². The minimum Gasteiger partial charge on any atom is -0.346 e. The van der Waals surface area contributed by atoms with Gasteiger partial charge in [0, 0.05) is 5.56 Å². The van der Waals surface area contributed by atoms with Crippen molar-refractivity contribution in [2.75, 3.05) is 0 Å². The molecule has 104 valence electrons. The van der Waals surface area contributed by atoms with Gasteiger partial charge in [0.25, 0.3) is 5.91 Å². The van der Waals surface area contributed by atoms with Crippen molar-refractivity contribution in [3.63, 3.8) is 0 Å². The van der Waals surface area contributed by atoms with E-state index in [0.717, 1.165) is 0 Å². The van der Waals surface area contributed by atoms with E-state index in [0.29, 0.717) is 5.56 Å². The van der Waals surface area contributed by atoms with Crippen LogP contribution in [0, 0.1) is 20.8 Å². The lowest BCUT2D eigenvalue weighted by atomic mass is 9.96. The van der Waals surface area contributed by atoms with Gasteiger partial charge >= 0.3 is 0 Å². The van der Waals surface area contributed by atoms with Gasteiger partial charge in [-0.3, -0.25) is 4.79 Å². The van der Waals surface area contributed by atoms with E-state index in [9.17, 15) is 4.79 Å². The fourth-order valence-electron chi connectivity index (χ4n) is 2.40. The minimum atomic E-state index is -0.0317. The Kier molecular flexibility index (Phi) is 4.23. The molecular weight excluding hydrogens is 246 g/mol. The Balaban J connectivity index is 2.19. The summed E-state index contributed by atoms with van der Waals surface area (Å²) in [6, 6.07) is 13.7. The third-order valence-corrected chi connectivity index (χ3v) is 3.73. The first-order chi connectivity index (χ1) is 9.49. The molecule has 0 aliphatic rings. The normalized spacial score (nSPS) is 12.0. The first kappa shape index (κ1) is 14.3. The second-order valence-electron chi connectivity index (χ2n) is 5.35. The van der Waals surface area contributed by atoms with Crippen molar-refractivity contribution in [1.82, 2.24) is 5.32 Å². The van der Waals surface area contributed by atoms with Gasteiger partial charge in [0.2, 0.25) is 0 Å². The molecule has 0 spiro atoms. The predicted octanol–water partition coefficient (Wildman–Crippen LogP) is 4.10. The maximum Gasteiger partial charge on any atom is 0.251 e. The maximum absolute atomic E-state index is 12.2. The molecule has 2 heteroatoms. The van der Waals surface area contributed by atoms with E-state index in [2.05, 4.69) is 38.2 Å². The summed E-state index contributed by atoms with van der Waals surface area (Å²) in [5.41, 5.74) is 5.63. The molecule has 2 aromatic rings. The van der Waals surface area contributed by atoms with E-state index in [-0.39, 0.29) is 11.9 Å². The number of hydrogen-bond acceptors (Lipinski definition) is 1. The molecule has 0 saturated carbocycles. The summed E-state index contributed by atoms with van der Waals surface area (Å²) in [6.45, 7) is 8.33. The van der Waals surface area contributed by atoms with Crippen LogP contribution < -0.4 is 5.32 Å². The lowest BCUT2D eigenvalue weighted by Crippen LogP contribution is -2.27. The molecule has 20 heavy (non-hydrogen) atoms. The Morgan fingerprint density at radius 3 is 2.20 bits per heavy atom. The molecule has 0 radical (unpaired) electrons. The Morgan fingerprint density at radius 1 is 0.950 bits per heavy atom. The van der Waals surface area contributed by atoms with Crippen LogP contribution in [0.25, 0.3) is 0 Å². The molecule has 1 N–H and O–H groups in total. The van der Waals surface area contributed by atoms with Gasteiger partial charge in [-0.1, -0.05) is 30.3 Å². The largest absolute Gasteiger partial charge is 0.346 e. The number of aryl methyl sites for hydroxylation is 3. The molecule has 0 unspecified atom stereocenters.